The van der Waals surface area contributed by atoms with E-state index in [0.29, 0.717) is 18.5 Å². The van der Waals surface area contributed by atoms with Crippen LogP contribution < -0.4 is 10.6 Å². The smallest absolute Gasteiger partial charge is 0.321 e. The molecule has 1 aliphatic rings. The maximum absolute atomic E-state index is 12.1. The third-order valence-corrected chi connectivity index (χ3v) is 3.84. The van der Waals surface area contributed by atoms with Gasteiger partial charge in [-0.05, 0) is 31.2 Å². The SMILES string of the molecule is Cc1ccc(CN(CC(=O)NC(=O)NCC(C)C)C2CC2)cc1. The standard InChI is InChI=1S/C18H27N3O2/c1-13(2)10-19-18(23)20-17(22)12-21(16-8-9-16)11-15-6-4-14(3)5-7-15/h4-7,13,16H,8-12H2,1-3H3,(H2,19,20,22,23). The second-order valence-electron chi connectivity index (χ2n) is 6.77. The lowest BCUT2D eigenvalue weighted by molar-refractivity contribution is -0.121. The van der Waals surface area contributed by atoms with Crippen molar-refractivity contribution in [2.75, 3.05) is 13.1 Å². The molecule has 1 aromatic rings. The highest BCUT2D eigenvalue weighted by Gasteiger charge is 2.30. The Morgan fingerprint density at radius 2 is 1.87 bits per heavy atom. The zero-order valence-electron chi connectivity index (χ0n) is 14.3. The molecule has 0 spiro atoms. The van der Waals surface area contributed by atoms with Crippen LogP contribution in [0.3, 0.4) is 0 Å². The number of imide groups is 1. The molecule has 1 saturated carbocycles. The summed E-state index contributed by atoms with van der Waals surface area (Å²) in [7, 11) is 0. The molecule has 2 N–H and O–H groups in total. The van der Waals surface area contributed by atoms with Crippen LogP contribution in [0.5, 0.6) is 0 Å². The number of rotatable bonds is 7. The Kier molecular flexibility index (Phi) is 6.16. The molecular weight excluding hydrogens is 290 g/mol. The number of nitrogens with zero attached hydrogens (tertiary/aromatic N) is 1. The highest BCUT2D eigenvalue weighted by Crippen LogP contribution is 2.28. The molecule has 1 aromatic carbocycles. The van der Waals surface area contributed by atoms with Crippen molar-refractivity contribution in [1.82, 2.24) is 15.5 Å². The van der Waals surface area contributed by atoms with Gasteiger partial charge in [-0.1, -0.05) is 43.7 Å². The topological polar surface area (TPSA) is 61.4 Å². The lowest BCUT2D eigenvalue weighted by Gasteiger charge is -2.21. The van der Waals surface area contributed by atoms with Crippen molar-refractivity contribution in [3.8, 4) is 0 Å². The van der Waals surface area contributed by atoms with E-state index in [-0.39, 0.29) is 12.5 Å². The number of hydrogen-bond acceptors (Lipinski definition) is 3. The summed E-state index contributed by atoms with van der Waals surface area (Å²) in [5, 5.41) is 5.11. The van der Waals surface area contributed by atoms with Crippen LogP contribution in [0.25, 0.3) is 0 Å². The van der Waals surface area contributed by atoms with Gasteiger partial charge in [0, 0.05) is 19.1 Å². The van der Waals surface area contributed by atoms with Crippen LogP contribution in [0.1, 0.15) is 37.8 Å². The maximum atomic E-state index is 12.1. The Morgan fingerprint density at radius 3 is 2.43 bits per heavy atom. The van der Waals surface area contributed by atoms with Gasteiger partial charge in [-0.15, -0.1) is 0 Å². The van der Waals surface area contributed by atoms with Gasteiger partial charge < -0.3 is 5.32 Å². The first kappa shape index (κ1) is 17.5. The van der Waals surface area contributed by atoms with Crippen molar-refractivity contribution >= 4 is 11.9 Å². The van der Waals surface area contributed by atoms with E-state index in [4.69, 9.17) is 0 Å². The molecule has 5 heteroatoms. The van der Waals surface area contributed by atoms with E-state index in [2.05, 4.69) is 46.7 Å². The quantitative estimate of drug-likeness (QED) is 0.812. The first-order valence-electron chi connectivity index (χ1n) is 8.31. The molecule has 0 bridgehead atoms. The number of aryl methyl sites for hydroxylation is 1. The molecule has 0 saturated heterocycles. The summed E-state index contributed by atoms with van der Waals surface area (Å²) >= 11 is 0. The zero-order chi connectivity index (χ0) is 16.8. The second-order valence-corrected chi connectivity index (χ2v) is 6.77. The summed E-state index contributed by atoms with van der Waals surface area (Å²) in [6, 6.07) is 8.41. The minimum Gasteiger partial charge on any atom is -0.338 e. The first-order valence-corrected chi connectivity index (χ1v) is 8.31. The van der Waals surface area contributed by atoms with Gasteiger partial charge in [0.15, 0.2) is 0 Å². The van der Waals surface area contributed by atoms with E-state index in [9.17, 15) is 9.59 Å². The Labute approximate surface area is 138 Å². The van der Waals surface area contributed by atoms with E-state index in [1.165, 1.54) is 11.1 Å². The van der Waals surface area contributed by atoms with Gasteiger partial charge in [-0.3, -0.25) is 15.0 Å². The monoisotopic (exact) mass is 317 g/mol. The summed E-state index contributed by atoms with van der Waals surface area (Å²) in [6.45, 7) is 7.65. The minimum absolute atomic E-state index is 0.245. The van der Waals surface area contributed by atoms with Crippen LogP contribution in [0.4, 0.5) is 4.79 Å². The van der Waals surface area contributed by atoms with Gasteiger partial charge in [0.1, 0.15) is 0 Å². The van der Waals surface area contributed by atoms with Crippen LogP contribution in [0.15, 0.2) is 24.3 Å². The van der Waals surface area contributed by atoms with Crippen LogP contribution >= 0.6 is 0 Å². The molecule has 126 valence electrons. The largest absolute Gasteiger partial charge is 0.338 e. The molecule has 3 amide bonds. The predicted octanol–water partition coefficient (Wildman–Crippen LogP) is 2.44. The zero-order valence-corrected chi connectivity index (χ0v) is 14.3. The average molecular weight is 317 g/mol. The Balaban J connectivity index is 1.83. The van der Waals surface area contributed by atoms with Crippen molar-refractivity contribution in [2.45, 2.75) is 46.2 Å². The summed E-state index contributed by atoms with van der Waals surface area (Å²) in [4.78, 5) is 25.9. The lowest BCUT2D eigenvalue weighted by atomic mass is 10.1. The van der Waals surface area contributed by atoms with Crippen LogP contribution in [-0.4, -0.2) is 36.0 Å². The molecule has 1 fully saturated rings. The Bertz CT molecular complexity index is 536. The minimum atomic E-state index is -0.408. The van der Waals surface area contributed by atoms with Gasteiger partial charge in [0.25, 0.3) is 0 Å². The molecule has 23 heavy (non-hydrogen) atoms. The van der Waals surface area contributed by atoms with Crippen molar-refractivity contribution in [2.24, 2.45) is 5.92 Å². The number of hydrogen-bond donors (Lipinski definition) is 2. The molecule has 0 unspecified atom stereocenters. The first-order chi connectivity index (χ1) is 10.9. The van der Waals surface area contributed by atoms with Gasteiger partial charge in [0.2, 0.25) is 5.91 Å². The predicted molar refractivity (Wildman–Crippen MR) is 91.0 cm³/mol. The third-order valence-electron chi connectivity index (χ3n) is 3.84. The van der Waals surface area contributed by atoms with Crippen molar-refractivity contribution in [3.63, 3.8) is 0 Å². The molecule has 5 nitrogen and oxygen atoms in total. The average Bonchev–Trinajstić information content (AvgIpc) is 3.31. The molecule has 0 aromatic heterocycles. The fourth-order valence-corrected chi connectivity index (χ4v) is 2.37. The third kappa shape index (κ3) is 6.40. The number of carbonyl (C=O) groups is 2. The van der Waals surface area contributed by atoms with E-state index in [1.807, 2.05) is 13.8 Å². The molecule has 0 aliphatic heterocycles. The fourth-order valence-electron chi connectivity index (χ4n) is 2.37. The number of benzene rings is 1. The highest BCUT2D eigenvalue weighted by molar-refractivity contribution is 5.95. The second kappa shape index (κ2) is 8.11. The van der Waals surface area contributed by atoms with Gasteiger partial charge >= 0.3 is 6.03 Å². The Hall–Kier alpha value is -1.88. The van der Waals surface area contributed by atoms with Crippen molar-refractivity contribution in [1.29, 1.82) is 0 Å². The van der Waals surface area contributed by atoms with Crippen molar-refractivity contribution in [3.05, 3.63) is 35.4 Å². The van der Waals surface area contributed by atoms with Crippen LogP contribution in [0.2, 0.25) is 0 Å². The van der Waals surface area contributed by atoms with Gasteiger partial charge in [-0.25, -0.2) is 4.79 Å². The summed E-state index contributed by atoms with van der Waals surface area (Å²) in [5.41, 5.74) is 2.42. The summed E-state index contributed by atoms with van der Waals surface area (Å²) in [6.07, 6.45) is 2.25. The number of carbonyl (C=O) groups excluding carboxylic acids is 2. The number of urea groups is 1. The highest BCUT2D eigenvalue weighted by atomic mass is 16.2. The molecule has 1 aliphatic carbocycles. The van der Waals surface area contributed by atoms with E-state index < -0.39 is 6.03 Å². The van der Waals surface area contributed by atoms with E-state index in [0.717, 1.165) is 19.4 Å². The van der Waals surface area contributed by atoms with E-state index in [1.54, 1.807) is 0 Å². The lowest BCUT2D eigenvalue weighted by Crippen LogP contribution is -2.45. The summed E-state index contributed by atoms with van der Waals surface area (Å²) < 4.78 is 0. The van der Waals surface area contributed by atoms with Gasteiger partial charge in [-0.2, -0.15) is 0 Å². The maximum Gasteiger partial charge on any atom is 0.321 e. The molecule has 2 rings (SSSR count). The number of amides is 3. The normalized spacial score (nSPS) is 14.1. The molecular formula is C18H27N3O2. The fraction of sp³-hybridized carbons (Fsp3) is 0.556. The Morgan fingerprint density at radius 1 is 1.22 bits per heavy atom. The summed E-state index contributed by atoms with van der Waals surface area (Å²) in [5.74, 6) is 0.116. The van der Waals surface area contributed by atoms with Crippen LogP contribution in [0, 0.1) is 12.8 Å². The van der Waals surface area contributed by atoms with E-state index >= 15 is 0 Å². The van der Waals surface area contributed by atoms with Gasteiger partial charge in [0.05, 0.1) is 6.54 Å². The van der Waals surface area contributed by atoms with Crippen LogP contribution in [-0.2, 0) is 11.3 Å². The van der Waals surface area contributed by atoms with Crippen molar-refractivity contribution < 1.29 is 9.59 Å². The molecule has 0 radical (unpaired) electrons. The molecule has 0 atom stereocenters. The molecule has 0 heterocycles. The number of nitrogens with one attached hydrogen (secondary N) is 2.